The van der Waals surface area contributed by atoms with Crippen LogP contribution >= 0.6 is 15.9 Å². The fourth-order valence-corrected chi connectivity index (χ4v) is 4.96. The lowest BCUT2D eigenvalue weighted by atomic mass is 9.99. The van der Waals surface area contributed by atoms with Crippen molar-refractivity contribution in [3.63, 3.8) is 0 Å². The number of rotatable bonds is 12. The van der Waals surface area contributed by atoms with E-state index in [1.165, 1.54) is 68.2 Å². The number of fused-ring (bicyclic) bond motifs is 1. The SMILES string of the molecule is CCCCCCc1cc(CCCCCC)cc(-n2c[n+](-c3cccc(Br)c3)c3nccnc32)c1. The van der Waals surface area contributed by atoms with E-state index in [4.69, 9.17) is 4.98 Å². The van der Waals surface area contributed by atoms with E-state index in [1.807, 2.05) is 6.07 Å². The molecule has 0 aliphatic heterocycles. The summed E-state index contributed by atoms with van der Waals surface area (Å²) in [6.45, 7) is 4.54. The van der Waals surface area contributed by atoms with Crippen LogP contribution in [0.5, 0.6) is 0 Å². The lowest BCUT2D eigenvalue weighted by molar-refractivity contribution is -0.570. The van der Waals surface area contributed by atoms with Gasteiger partial charge in [-0.2, -0.15) is 4.57 Å². The number of hydrogen-bond acceptors (Lipinski definition) is 2. The van der Waals surface area contributed by atoms with Crippen molar-refractivity contribution in [1.82, 2.24) is 14.5 Å². The summed E-state index contributed by atoms with van der Waals surface area (Å²) in [7, 11) is 0. The molecule has 178 valence electrons. The lowest BCUT2D eigenvalue weighted by Crippen LogP contribution is -2.29. The quantitative estimate of drug-likeness (QED) is 0.142. The maximum atomic E-state index is 4.73. The fraction of sp³-hybridized carbons (Fsp3) is 0.414. The van der Waals surface area contributed by atoms with E-state index in [-0.39, 0.29) is 0 Å². The Balaban J connectivity index is 1.73. The summed E-state index contributed by atoms with van der Waals surface area (Å²) in [5.41, 5.74) is 6.84. The van der Waals surface area contributed by atoms with Gasteiger partial charge in [0.2, 0.25) is 6.33 Å². The third-order valence-electron chi connectivity index (χ3n) is 6.39. The van der Waals surface area contributed by atoms with E-state index in [1.54, 1.807) is 12.4 Å². The third-order valence-corrected chi connectivity index (χ3v) is 6.88. The molecule has 2 aromatic heterocycles. The molecule has 0 amide bonds. The number of unbranched alkanes of at least 4 members (excludes halogenated alkanes) is 6. The van der Waals surface area contributed by atoms with Crippen LogP contribution in [0.15, 0.2) is 65.7 Å². The second-order valence-electron chi connectivity index (χ2n) is 9.17. The molecule has 0 spiro atoms. The summed E-state index contributed by atoms with van der Waals surface area (Å²) in [5, 5.41) is 0. The first-order chi connectivity index (χ1) is 16.7. The average Bonchev–Trinajstić information content (AvgIpc) is 3.24. The Morgan fingerprint density at radius 3 is 2.12 bits per heavy atom. The normalized spacial score (nSPS) is 11.4. The minimum Gasteiger partial charge on any atom is -0.215 e. The minimum atomic E-state index is 0.860. The molecule has 0 fully saturated rings. The number of nitrogens with zero attached hydrogens (tertiary/aromatic N) is 4. The maximum absolute atomic E-state index is 4.73. The molecule has 0 N–H and O–H groups in total. The van der Waals surface area contributed by atoms with E-state index in [0.29, 0.717) is 0 Å². The van der Waals surface area contributed by atoms with Crippen LogP contribution in [0.1, 0.15) is 76.3 Å². The van der Waals surface area contributed by atoms with Crippen molar-refractivity contribution in [2.75, 3.05) is 0 Å². The van der Waals surface area contributed by atoms with Crippen LogP contribution in [-0.4, -0.2) is 14.5 Å². The van der Waals surface area contributed by atoms with Gasteiger partial charge in [0.05, 0.1) is 6.20 Å². The van der Waals surface area contributed by atoms with Crippen molar-refractivity contribution >= 4 is 27.2 Å². The number of imidazole rings is 1. The first kappa shape index (κ1) is 24.6. The monoisotopic (exact) mass is 519 g/mol. The second-order valence-corrected chi connectivity index (χ2v) is 10.1. The molecule has 2 aromatic carbocycles. The van der Waals surface area contributed by atoms with Gasteiger partial charge in [-0.3, -0.25) is 0 Å². The van der Waals surface area contributed by atoms with Gasteiger partial charge in [0.25, 0.3) is 5.65 Å². The largest absolute Gasteiger partial charge is 0.327 e. The molecular formula is C29H36BrN4+. The summed E-state index contributed by atoms with van der Waals surface area (Å²) in [6, 6.07) is 15.4. The smallest absolute Gasteiger partial charge is 0.215 e. The summed E-state index contributed by atoms with van der Waals surface area (Å²) in [4.78, 5) is 9.41. The number of benzene rings is 2. The third kappa shape index (κ3) is 6.12. The zero-order chi connectivity index (χ0) is 23.8. The van der Waals surface area contributed by atoms with Gasteiger partial charge in [-0.25, -0.2) is 9.55 Å². The Kier molecular flexibility index (Phi) is 8.86. The van der Waals surface area contributed by atoms with Crippen LogP contribution in [-0.2, 0) is 12.8 Å². The van der Waals surface area contributed by atoms with E-state index in [9.17, 15) is 0 Å². The molecule has 0 saturated carbocycles. The number of halogens is 1. The number of aromatic nitrogens is 4. The predicted octanol–water partition coefficient (Wildman–Crippen LogP) is 7.71. The minimum absolute atomic E-state index is 0.860. The molecular weight excluding hydrogens is 484 g/mol. The van der Waals surface area contributed by atoms with Crippen molar-refractivity contribution in [2.24, 2.45) is 0 Å². The van der Waals surface area contributed by atoms with Gasteiger partial charge in [-0.1, -0.05) is 80.4 Å². The molecule has 0 aliphatic rings. The zero-order valence-electron chi connectivity index (χ0n) is 20.5. The molecule has 0 unspecified atom stereocenters. The highest BCUT2D eigenvalue weighted by atomic mass is 79.9. The first-order valence-corrected chi connectivity index (χ1v) is 13.6. The van der Waals surface area contributed by atoms with Crippen LogP contribution in [0.3, 0.4) is 0 Å². The zero-order valence-corrected chi connectivity index (χ0v) is 22.1. The van der Waals surface area contributed by atoms with Crippen LogP contribution in [0.25, 0.3) is 22.7 Å². The van der Waals surface area contributed by atoms with Gasteiger partial charge in [-0.05, 0) is 67.1 Å². The van der Waals surface area contributed by atoms with Crippen molar-refractivity contribution in [3.05, 3.63) is 76.8 Å². The summed E-state index contributed by atoms with van der Waals surface area (Å²) in [5.74, 6) is 0. The Hall–Kier alpha value is -2.53. The molecule has 0 bridgehead atoms. The molecule has 34 heavy (non-hydrogen) atoms. The van der Waals surface area contributed by atoms with Gasteiger partial charge in [0.15, 0.2) is 0 Å². The molecule has 4 aromatic rings. The molecule has 0 atom stereocenters. The van der Waals surface area contributed by atoms with Crippen LogP contribution in [0, 0.1) is 0 Å². The van der Waals surface area contributed by atoms with Gasteiger partial charge in [0, 0.05) is 4.47 Å². The highest BCUT2D eigenvalue weighted by Gasteiger charge is 2.21. The topological polar surface area (TPSA) is 34.6 Å². The second kappa shape index (κ2) is 12.3. The fourth-order valence-electron chi connectivity index (χ4n) is 4.57. The van der Waals surface area contributed by atoms with Crippen LogP contribution < -0.4 is 4.57 Å². The van der Waals surface area contributed by atoms with E-state index >= 15 is 0 Å². The Morgan fingerprint density at radius 1 is 0.794 bits per heavy atom. The number of hydrogen-bond donors (Lipinski definition) is 0. The Labute approximate surface area is 212 Å². The van der Waals surface area contributed by atoms with Crippen molar-refractivity contribution in [2.45, 2.75) is 78.1 Å². The molecule has 2 heterocycles. The highest BCUT2D eigenvalue weighted by molar-refractivity contribution is 9.10. The standard InChI is InChI=1S/C29H36BrN4/c1-3-5-7-9-12-23-18-24(13-10-8-6-4-2)20-27(19-23)34-22-33(26-15-11-14-25(30)21-26)28-29(34)32-17-16-31-28/h11,14-22H,3-10,12-13H2,1-2H3/q+1. The summed E-state index contributed by atoms with van der Waals surface area (Å²) in [6.07, 6.45) is 18.2. The Bertz CT molecular complexity index is 1180. The molecule has 0 saturated heterocycles. The predicted molar refractivity (Wildman–Crippen MR) is 144 cm³/mol. The Morgan fingerprint density at radius 2 is 1.47 bits per heavy atom. The van der Waals surface area contributed by atoms with Crippen molar-refractivity contribution in [1.29, 1.82) is 0 Å². The number of aryl methyl sites for hydroxylation is 2. The molecule has 0 aliphatic carbocycles. The average molecular weight is 521 g/mol. The molecule has 5 heteroatoms. The molecule has 0 radical (unpaired) electrons. The van der Waals surface area contributed by atoms with Gasteiger partial charge < -0.3 is 0 Å². The van der Waals surface area contributed by atoms with E-state index in [0.717, 1.165) is 34.3 Å². The van der Waals surface area contributed by atoms with Crippen molar-refractivity contribution < 1.29 is 4.57 Å². The first-order valence-electron chi connectivity index (χ1n) is 12.8. The highest BCUT2D eigenvalue weighted by Crippen LogP contribution is 2.22. The lowest BCUT2D eigenvalue weighted by Gasteiger charge is -2.09. The van der Waals surface area contributed by atoms with Crippen molar-refractivity contribution in [3.8, 4) is 11.4 Å². The summed E-state index contributed by atoms with van der Waals surface area (Å²) < 4.78 is 5.38. The van der Waals surface area contributed by atoms with Gasteiger partial charge in [0.1, 0.15) is 17.6 Å². The van der Waals surface area contributed by atoms with Crippen LogP contribution in [0.4, 0.5) is 0 Å². The van der Waals surface area contributed by atoms with E-state index in [2.05, 4.69) is 86.6 Å². The summed E-state index contributed by atoms with van der Waals surface area (Å²) >= 11 is 3.61. The van der Waals surface area contributed by atoms with E-state index < -0.39 is 0 Å². The molecule has 4 nitrogen and oxygen atoms in total. The molecule has 4 rings (SSSR count). The van der Waals surface area contributed by atoms with Crippen LogP contribution in [0.2, 0.25) is 0 Å². The maximum Gasteiger partial charge on any atom is 0.327 e. The van der Waals surface area contributed by atoms with Gasteiger partial charge in [-0.15, -0.1) is 4.98 Å². The van der Waals surface area contributed by atoms with Gasteiger partial charge >= 0.3 is 5.65 Å².